The van der Waals surface area contributed by atoms with Gasteiger partial charge in [-0.1, -0.05) is 32.0 Å². The zero-order chi connectivity index (χ0) is 21.7. The second-order valence-corrected chi connectivity index (χ2v) is 8.08. The van der Waals surface area contributed by atoms with Crippen LogP contribution in [0.5, 0.6) is 0 Å². The Hall–Kier alpha value is -2.34. The highest BCUT2D eigenvalue weighted by atomic mass is 35.7. The molecule has 0 unspecified atom stereocenters. The third kappa shape index (κ3) is 5.04. The standard InChI is InChI=1S/C25H25.ClHO4/c1-3-19-20(4-2)22-15-9-11-17-24(22)25(18-12-6-5-7-13-18)23-16-10-8-14-21(19)23;2-1(3,4)5/h5-17,19-20H,3-4H2,1-2H3;(H,2,3,4,5)/q+1;/p-1/t19-,20-;/m1./s1. The average Bonchev–Trinajstić information content (AvgIpc) is 2.85. The van der Waals surface area contributed by atoms with Crippen LogP contribution in [0.3, 0.4) is 0 Å². The second kappa shape index (κ2) is 9.65. The lowest BCUT2D eigenvalue weighted by Gasteiger charge is -2.23. The molecule has 3 aromatic carbocycles. The second-order valence-electron chi connectivity index (χ2n) is 7.32. The van der Waals surface area contributed by atoms with Gasteiger partial charge in [-0.15, -0.1) is 10.2 Å². The van der Waals surface area contributed by atoms with Crippen molar-refractivity contribution in [2.75, 3.05) is 0 Å². The maximum absolute atomic E-state index is 8.49. The molecule has 3 aromatic rings. The largest absolute Gasteiger partial charge is 0.222 e. The van der Waals surface area contributed by atoms with Crippen molar-refractivity contribution in [1.29, 1.82) is 0 Å². The van der Waals surface area contributed by atoms with Crippen LogP contribution in [0.4, 0.5) is 0 Å². The van der Waals surface area contributed by atoms with E-state index < -0.39 is 10.2 Å². The van der Waals surface area contributed by atoms with E-state index in [4.69, 9.17) is 18.6 Å². The fraction of sp³-hybridized carbons (Fsp3) is 0.240. The van der Waals surface area contributed by atoms with Gasteiger partial charge in [-0.25, -0.2) is 18.6 Å². The normalized spacial score (nSPS) is 17.9. The molecule has 0 bridgehead atoms. The molecule has 0 aliphatic heterocycles. The van der Waals surface area contributed by atoms with E-state index in [9.17, 15) is 0 Å². The summed E-state index contributed by atoms with van der Waals surface area (Å²) >= 11 is 0. The summed E-state index contributed by atoms with van der Waals surface area (Å²) in [6.45, 7) is 4.67. The van der Waals surface area contributed by atoms with E-state index in [0.29, 0.717) is 11.8 Å². The van der Waals surface area contributed by atoms with Crippen LogP contribution in [0.1, 0.15) is 66.3 Å². The average molecular weight is 425 g/mol. The maximum Gasteiger partial charge on any atom is 0.0637 e. The van der Waals surface area contributed by atoms with Gasteiger partial charge in [0.05, 0.1) is 22.6 Å². The molecule has 156 valence electrons. The molecule has 4 nitrogen and oxygen atoms in total. The molecular weight excluding hydrogens is 400 g/mol. The first-order chi connectivity index (χ1) is 14.3. The topological polar surface area (TPSA) is 92.2 Å². The summed E-state index contributed by atoms with van der Waals surface area (Å²) in [7, 11) is -4.94. The molecule has 0 aromatic heterocycles. The zero-order valence-corrected chi connectivity index (χ0v) is 17.8. The minimum atomic E-state index is -4.94. The van der Waals surface area contributed by atoms with Crippen molar-refractivity contribution in [3.63, 3.8) is 0 Å². The van der Waals surface area contributed by atoms with Crippen LogP contribution in [0.25, 0.3) is 0 Å². The molecule has 1 aliphatic carbocycles. The van der Waals surface area contributed by atoms with Crippen molar-refractivity contribution in [3.8, 4) is 0 Å². The Morgan fingerprint density at radius 3 is 1.40 bits per heavy atom. The molecule has 0 fully saturated rings. The summed E-state index contributed by atoms with van der Waals surface area (Å²) < 4.78 is 34.0. The van der Waals surface area contributed by atoms with E-state index in [1.807, 2.05) is 0 Å². The zero-order valence-electron chi connectivity index (χ0n) is 17.1. The number of rotatable bonds is 3. The minimum absolute atomic E-state index is 0.573. The lowest BCUT2D eigenvalue weighted by Crippen LogP contribution is -2.68. The van der Waals surface area contributed by atoms with Gasteiger partial charge in [0.1, 0.15) is 0 Å². The summed E-state index contributed by atoms with van der Waals surface area (Å²) in [4.78, 5) is 0. The first kappa shape index (κ1) is 22.3. The van der Waals surface area contributed by atoms with Crippen LogP contribution < -0.4 is 18.6 Å². The molecule has 0 spiro atoms. The molecule has 30 heavy (non-hydrogen) atoms. The number of hydrogen-bond acceptors (Lipinski definition) is 4. The van der Waals surface area contributed by atoms with E-state index in [1.54, 1.807) is 0 Å². The van der Waals surface area contributed by atoms with Crippen LogP contribution in [-0.4, -0.2) is 0 Å². The molecule has 0 heterocycles. The van der Waals surface area contributed by atoms with Crippen LogP contribution >= 0.6 is 0 Å². The fourth-order valence-corrected chi connectivity index (χ4v) is 4.60. The third-order valence-corrected chi connectivity index (χ3v) is 5.69. The van der Waals surface area contributed by atoms with Crippen molar-refractivity contribution in [2.24, 2.45) is 0 Å². The molecule has 2 atom stereocenters. The maximum atomic E-state index is 8.49. The smallest absolute Gasteiger partial charge is 0.0637 e. The molecule has 0 saturated heterocycles. The van der Waals surface area contributed by atoms with Gasteiger partial charge in [-0.05, 0) is 73.5 Å². The van der Waals surface area contributed by atoms with Crippen LogP contribution in [-0.2, 0) is 0 Å². The van der Waals surface area contributed by atoms with Gasteiger partial charge in [0.15, 0.2) is 0 Å². The van der Waals surface area contributed by atoms with E-state index in [1.165, 1.54) is 46.6 Å². The molecule has 0 N–H and O–H groups in total. The SMILES string of the molecule is CC[C@H]1c2ccccc2[C+](c2ccccc2)c2ccccc2[C@@H]1CC.[O-][Cl+3]([O-])([O-])[O-]. The predicted octanol–water partition coefficient (Wildman–Crippen LogP) is 1.95. The van der Waals surface area contributed by atoms with Crippen LogP contribution in [0.15, 0.2) is 78.9 Å². The van der Waals surface area contributed by atoms with Gasteiger partial charge in [0, 0.05) is 23.0 Å². The highest BCUT2D eigenvalue weighted by Gasteiger charge is 2.38. The molecule has 0 amide bonds. The molecule has 5 heteroatoms. The summed E-state index contributed by atoms with van der Waals surface area (Å²) in [6, 6.07) is 29.0. The first-order valence-electron chi connectivity index (χ1n) is 10.1. The summed E-state index contributed by atoms with van der Waals surface area (Å²) in [6.07, 6.45) is 2.35. The van der Waals surface area contributed by atoms with Gasteiger partial charge in [0.2, 0.25) is 0 Å². The van der Waals surface area contributed by atoms with Gasteiger partial charge in [-0.2, -0.15) is 0 Å². The van der Waals surface area contributed by atoms with Crippen molar-refractivity contribution in [2.45, 2.75) is 38.5 Å². The Kier molecular flexibility index (Phi) is 7.19. The van der Waals surface area contributed by atoms with Crippen molar-refractivity contribution < 1.29 is 28.9 Å². The Labute approximate surface area is 180 Å². The summed E-state index contributed by atoms with van der Waals surface area (Å²) in [5.41, 5.74) is 7.14. The van der Waals surface area contributed by atoms with Crippen molar-refractivity contribution in [3.05, 3.63) is 113 Å². The predicted molar refractivity (Wildman–Crippen MR) is 106 cm³/mol. The molecule has 0 saturated carbocycles. The Bertz CT molecular complexity index is 893. The quantitative estimate of drug-likeness (QED) is 0.601. The third-order valence-electron chi connectivity index (χ3n) is 5.69. The number of benzene rings is 3. The van der Waals surface area contributed by atoms with Gasteiger partial charge < -0.3 is 0 Å². The number of fused-ring (bicyclic) bond motifs is 2. The molecule has 0 radical (unpaired) electrons. The Balaban J connectivity index is 0.000000461. The van der Waals surface area contributed by atoms with E-state index in [-0.39, 0.29) is 0 Å². The highest BCUT2D eigenvalue weighted by Crippen LogP contribution is 2.49. The summed E-state index contributed by atoms with van der Waals surface area (Å²) in [5.74, 6) is 2.54. The lowest BCUT2D eigenvalue weighted by molar-refractivity contribution is -2.00. The van der Waals surface area contributed by atoms with Gasteiger partial charge in [0.25, 0.3) is 0 Å². The van der Waals surface area contributed by atoms with Crippen LogP contribution in [0, 0.1) is 16.2 Å². The van der Waals surface area contributed by atoms with Crippen LogP contribution in [0.2, 0.25) is 0 Å². The van der Waals surface area contributed by atoms with E-state index >= 15 is 0 Å². The van der Waals surface area contributed by atoms with Gasteiger partial charge in [-0.3, -0.25) is 0 Å². The fourth-order valence-electron chi connectivity index (χ4n) is 4.60. The first-order valence-corrected chi connectivity index (χ1v) is 11.3. The van der Waals surface area contributed by atoms with Gasteiger partial charge >= 0.3 is 0 Å². The highest BCUT2D eigenvalue weighted by molar-refractivity contribution is 5.64. The molecular formula is C25H25ClO4. The Morgan fingerprint density at radius 2 is 1.00 bits per heavy atom. The number of hydrogen-bond donors (Lipinski definition) is 0. The van der Waals surface area contributed by atoms with E-state index in [2.05, 4.69) is 92.7 Å². The lowest BCUT2D eigenvalue weighted by atomic mass is 9.78. The van der Waals surface area contributed by atoms with Crippen molar-refractivity contribution >= 4 is 0 Å². The van der Waals surface area contributed by atoms with E-state index in [0.717, 1.165) is 0 Å². The monoisotopic (exact) mass is 424 g/mol. The molecule has 1 aliphatic rings. The Morgan fingerprint density at radius 1 is 0.633 bits per heavy atom. The number of halogens is 1. The molecule has 4 rings (SSSR count). The van der Waals surface area contributed by atoms with Crippen molar-refractivity contribution in [1.82, 2.24) is 0 Å². The summed E-state index contributed by atoms with van der Waals surface area (Å²) in [5, 5.41) is 0. The minimum Gasteiger partial charge on any atom is -0.222 e.